The van der Waals surface area contributed by atoms with Crippen LogP contribution in [0, 0.1) is 12.7 Å². The number of benzene rings is 2. The molecule has 0 aliphatic carbocycles. The van der Waals surface area contributed by atoms with Crippen LogP contribution in [0.25, 0.3) is 0 Å². The number of hydrogen-bond acceptors (Lipinski definition) is 2. The molecule has 2 aromatic carbocycles. The molecule has 0 fully saturated rings. The number of carbonyl (C=O) groups is 2. The van der Waals surface area contributed by atoms with E-state index in [4.69, 9.17) is 0 Å². The molecular weight excluding hydrogens is 295 g/mol. The van der Waals surface area contributed by atoms with E-state index in [1.165, 1.54) is 19.1 Å². The number of amides is 2. The third-order valence-electron chi connectivity index (χ3n) is 3.44. The topological polar surface area (TPSA) is 58.2 Å². The smallest absolute Gasteiger partial charge is 0.226 e. The maximum absolute atomic E-state index is 13.3. The first-order valence-electron chi connectivity index (χ1n) is 7.34. The zero-order chi connectivity index (χ0) is 16.8. The summed E-state index contributed by atoms with van der Waals surface area (Å²) in [5.74, 6) is -0.915. The summed E-state index contributed by atoms with van der Waals surface area (Å²) in [4.78, 5) is 23.6. The lowest BCUT2D eigenvalue weighted by Gasteiger charge is -2.18. The summed E-state index contributed by atoms with van der Waals surface area (Å²) in [6.07, 6.45) is 0.0690. The van der Waals surface area contributed by atoms with Crippen molar-refractivity contribution in [2.75, 3.05) is 5.32 Å². The molecule has 0 spiro atoms. The number of aryl methyl sites for hydroxylation is 1. The lowest BCUT2D eigenvalue weighted by molar-refractivity contribution is -0.120. The molecule has 0 heterocycles. The summed E-state index contributed by atoms with van der Waals surface area (Å²) in [5.41, 5.74) is 2.05. The first-order valence-corrected chi connectivity index (χ1v) is 7.34. The predicted molar refractivity (Wildman–Crippen MR) is 87.4 cm³/mol. The minimum absolute atomic E-state index is 0.0690. The van der Waals surface area contributed by atoms with Crippen LogP contribution in [0.2, 0.25) is 0 Å². The normalized spacial score (nSPS) is 11.6. The molecule has 23 heavy (non-hydrogen) atoms. The Labute approximate surface area is 134 Å². The van der Waals surface area contributed by atoms with Gasteiger partial charge < -0.3 is 10.6 Å². The maximum atomic E-state index is 13.3. The Hall–Kier alpha value is -2.69. The van der Waals surface area contributed by atoms with Crippen LogP contribution in [0.4, 0.5) is 10.1 Å². The minimum atomic E-state index is -0.428. The van der Waals surface area contributed by atoms with Crippen LogP contribution in [-0.4, -0.2) is 11.8 Å². The third-order valence-corrected chi connectivity index (χ3v) is 3.44. The highest BCUT2D eigenvalue weighted by Gasteiger charge is 2.17. The number of anilines is 1. The fourth-order valence-corrected chi connectivity index (χ4v) is 2.30. The number of rotatable bonds is 5. The standard InChI is InChI=1S/C18H19FN2O2/c1-12-8-9-15(19)10-16(12)21-18(23)11-17(20-13(2)22)14-6-4-3-5-7-14/h3-10,17H,11H2,1-2H3,(H,20,22)(H,21,23)/t17-/m0/s1. The van der Waals surface area contributed by atoms with Gasteiger partial charge in [0.1, 0.15) is 5.82 Å². The Morgan fingerprint density at radius 3 is 2.48 bits per heavy atom. The van der Waals surface area contributed by atoms with Crippen molar-refractivity contribution >= 4 is 17.5 Å². The molecule has 0 bridgehead atoms. The van der Waals surface area contributed by atoms with Crippen molar-refractivity contribution in [2.24, 2.45) is 0 Å². The lowest BCUT2D eigenvalue weighted by atomic mass is 10.0. The second-order valence-corrected chi connectivity index (χ2v) is 5.38. The summed E-state index contributed by atoms with van der Waals surface area (Å²) in [6, 6.07) is 13.1. The number of hydrogen-bond donors (Lipinski definition) is 2. The SMILES string of the molecule is CC(=O)N[C@@H](CC(=O)Nc1cc(F)ccc1C)c1ccccc1. The van der Waals surface area contributed by atoms with Gasteiger partial charge in [-0.15, -0.1) is 0 Å². The molecule has 2 amide bonds. The molecule has 0 aliphatic rings. The monoisotopic (exact) mass is 314 g/mol. The van der Waals surface area contributed by atoms with Gasteiger partial charge in [0.2, 0.25) is 11.8 Å². The van der Waals surface area contributed by atoms with E-state index >= 15 is 0 Å². The molecule has 0 aromatic heterocycles. The average Bonchev–Trinajstić information content (AvgIpc) is 2.51. The summed E-state index contributed by atoms with van der Waals surface area (Å²) in [6.45, 7) is 3.20. The van der Waals surface area contributed by atoms with Gasteiger partial charge in [0, 0.05) is 12.6 Å². The molecule has 5 heteroatoms. The fourth-order valence-electron chi connectivity index (χ4n) is 2.30. The van der Waals surface area contributed by atoms with E-state index in [-0.39, 0.29) is 18.2 Å². The third kappa shape index (κ3) is 4.92. The molecule has 0 radical (unpaired) electrons. The summed E-state index contributed by atoms with van der Waals surface area (Å²) in [5, 5.41) is 5.46. The van der Waals surface area contributed by atoms with Gasteiger partial charge in [-0.05, 0) is 30.2 Å². The highest BCUT2D eigenvalue weighted by atomic mass is 19.1. The molecule has 2 N–H and O–H groups in total. The van der Waals surface area contributed by atoms with Crippen molar-refractivity contribution in [3.63, 3.8) is 0 Å². The second-order valence-electron chi connectivity index (χ2n) is 5.38. The fraction of sp³-hybridized carbons (Fsp3) is 0.222. The van der Waals surface area contributed by atoms with Gasteiger partial charge in [-0.3, -0.25) is 9.59 Å². The Bertz CT molecular complexity index is 701. The summed E-state index contributed by atoms with van der Waals surface area (Å²) < 4.78 is 13.3. The van der Waals surface area contributed by atoms with Crippen LogP contribution in [0.3, 0.4) is 0 Å². The van der Waals surface area contributed by atoms with E-state index < -0.39 is 11.9 Å². The molecule has 2 rings (SSSR count). The van der Waals surface area contributed by atoms with Crippen LogP contribution in [0.5, 0.6) is 0 Å². The van der Waals surface area contributed by atoms with Crippen molar-refractivity contribution < 1.29 is 14.0 Å². The predicted octanol–water partition coefficient (Wildman–Crippen LogP) is 3.34. The highest BCUT2D eigenvalue weighted by molar-refractivity contribution is 5.92. The van der Waals surface area contributed by atoms with Crippen molar-refractivity contribution in [3.05, 3.63) is 65.5 Å². The van der Waals surface area contributed by atoms with Gasteiger partial charge in [-0.2, -0.15) is 0 Å². The van der Waals surface area contributed by atoms with Gasteiger partial charge in [0.25, 0.3) is 0 Å². The van der Waals surface area contributed by atoms with E-state index in [0.29, 0.717) is 5.69 Å². The van der Waals surface area contributed by atoms with Gasteiger partial charge in [0.15, 0.2) is 0 Å². The largest absolute Gasteiger partial charge is 0.349 e. The van der Waals surface area contributed by atoms with Gasteiger partial charge in [0.05, 0.1) is 12.5 Å². The van der Waals surface area contributed by atoms with E-state index in [9.17, 15) is 14.0 Å². The van der Waals surface area contributed by atoms with E-state index in [1.54, 1.807) is 13.0 Å². The lowest BCUT2D eigenvalue weighted by Crippen LogP contribution is -2.29. The van der Waals surface area contributed by atoms with Crippen LogP contribution < -0.4 is 10.6 Å². The molecule has 120 valence electrons. The first kappa shape index (κ1) is 16.7. The average molecular weight is 314 g/mol. The molecule has 0 aliphatic heterocycles. The maximum Gasteiger partial charge on any atom is 0.226 e. The van der Waals surface area contributed by atoms with Gasteiger partial charge >= 0.3 is 0 Å². The van der Waals surface area contributed by atoms with Crippen LogP contribution in [-0.2, 0) is 9.59 Å². The minimum Gasteiger partial charge on any atom is -0.349 e. The molecular formula is C18H19FN2O2. The number of nitrogens with one attached hydrogen (secondary N) is 2. The van der Waals surface area contributed by atoms with Crippen molar-refractivity contribution in [3.8, 4) is 0 Å². The first-order chi connectivity index (χ1) is 11.0. The van der Waals surface area contributed by atoms with Crippen molar-refractivity contribution in [1.29, 1.82) is 0 Å². The number of halogens is 1. The molecule has 0 saturated heterocycles. The van der Waals surface area contributed by atoms with Crippen LogP contribution in [0.1, 0.15) is 30.5 Å². The Kier molecular flexibility index (Phi) is 5.46. The number of carbonyl (C=O) groups excluding carboxylic acids is 2. The van der Waals surface area contributed by atoms with Crippen molar-refractivity contribution in [2.45, 2.75) is 26.3 Å². The molecule has 0 saturated carbocycles. The Morgan fingerprint density at radius 1 is 1.13 bits per heavy atom. The van der Waals surface area contributed by atoms with Crippen LogP contribution >= 0.6 is 0 Å². The van der Waals surface area contributed by atoms with Crippen molar-refractivity contribution in [1.82, 2.24) is 5.32 Å². The highest BCUT2D eigenvalue weighted by Crippen LogP contribution is 2.20. The zero-order valence-corrected chi connectivity index (χ0v) is 13.1. The van der Waals surface area contributed by atoms with Crippen LogP contribution in [0.15, 0.2) is 48.5 Å². The molecule has 1 atom stereocenters. The molecule has 2 aromatic rings. The summed E-state index contributed by atoms with van der Waals surface area (Å²) >= 11 is 0. The Balaban J connectivity index is 2.11. The summed E-state index contributed by atoms with van der Waals surface area (Å²) in [7, 11) is 0. The van der Waals surface area contributed by atoms with E-state index in [0.717, 1.165) is 11.1 Å². The Morgan fingerprint density at radius 2 is 1.83 bits per heavy atom. The molecule has 0 unspecified atom stereocenters. The van der Waals surface area contributed by atoms with Gasteiger partial charge in [-0.1, -0.05) is 36.4 Å². The quantitative estimate of drug-likeness (QED) is 0.889. The zero-order valence-electron chi connectivity index (χ0n) is 13.1. The van der Waals surface area contributed by atoms with Gasteiger partial charge in [-0.25, -0.2) is 4.39 Å². The van der Waals surface area contributed by atoms with E-state index in [1.807, 2.05) is 30.3 Å². The second kappa shape index (κ2) is 7.54. The van der Waals surface area contributed by atoms with E-state index in [2.05, 4.69) is 10.6 Å². The molecule has 4 nitrogen and oxygen atoms in total.